The first-order chi connectivity index (χ1) is 7.84. The predicted octanol–water partition coefficient (Wildman–Crippen LogP) is 2.20. The highest BCUT2D eigenvalue weighted by molar-refractivity contribution is 6.52. The van der Waals surface area contributed by atoms with E-state index in [1.165, 1.54) is 0 Å². The Morgan fingerprint density at radius 3 is 0.842 bits per heavy atom. The van der Waals surface area contributed by atoms with E-state index in [4.69, 9.17) is 43.6 Å². The first kappa shape index (κ1) is 31.3. The molecule has 0 radical (unpaired) electrons. The number of alkyl halides is 2. The molecule has 0 aromatic carbocycles. The molecule has 0 rings (SSSR count). The van der Waals surface area contributed by atoms with E-state index in [0.29, 0.717) is 0 Å². The third-order valence-electron chi connectivity index (χ3n) is 0.187. The van der Waals surface area contributed by atoms with Crippen LogP contribution in [0, 0.1) is 0 Å². The van der Waals surface area contributed by atoms with Crippen molar-refractivity contribution in [1.82, 2.24) is 6.15 Å². The summed E-state index contributed by atoms with van der Waals surface area (Å²) in [6.45, 7) is 10.3. The van der Waals surface area contributed by atoms with Crippen molar-refractivity contribution >= 4 is 29.2 Å². The highest BCUT2D eigenvalue weighted by Crippen LogP contribution is 1.98. The number of hydrogen-bond donors (Lipinski definition) is 5. The lowest BCUT2D eigenvalue weighted by atomic mass is 10.5. The van der Waals surface area contributed by atoms with E-state index in [9.17, 15) is 4.79 Å². The molecule has 0 amide bonds. The highest BCUT2D eigenvalue weighted by atomic mass is 35.5. The molecule has 0 unspecified atom stereocenters. The van der Waals surface area contributed by atoms with Crippen molar-refractivity contribution in [3.63, 3.8) is 0 Å². The van der Waals surface area contributed by atoms with Crippen LogP contribution in [0.5, 0.6) is 0 Å². The molecular weight excluding hydrogens is 297 g/mol. The second kappa shape index (κ2) is 23.0. The van der Waals surface area contributed by atoms with Gasteiger partial charge in [-0.1, -0.05) is 23.2 Å². The van der Waals surface area contributed by atoms with Crippen molar-refractivity contribution in [1.29, 1.82) is 0 Å². The average Bonchev–Trinajstić information content (AvgIpc) is 1.99. The summed E-state index contributed by atoms with van der Waals surface area (Å²) in [5.74, 6) is -1.21. The molecule has 0 spiro atoms. The fraction of sp³-hybridized carbons (Fsp3) is 0.909. The number of aliphatic carboxylic acids is 1. The zero-order chi connectivity index (χ0) is 15.9. The lowest BCUT2D eigenvalue weighted by Gasteiger charge is -1.84. The van der Waals surface area contributed by atoms with E-state index in [1.807, 2.05) is 0 Å². The van der Waals surface area contributed by atoms with Crippen molar-refractivity contribution < 1.29 is 25.2 Å². The Morgan fingerprint density at radius 1 is 0.789 bits per heavy atom. The third-order valence-corrected chi connectivity index (χ3v) is 0.560. The minimum absolute atomic E-state index is 0. The lowest BCUT2D eigenvalue weighted by Crippen LogP contribution is -2.03. The highest BCUT2D eigenvalue weighted by Gasteiger charge is 2.05. The van der Waals surface area contributed by atoms with Gasteiger partial charge < -0.3 is 26.6 Å². The monoisotopic (exact) mass is 325 g/mol. The molecule has 0 aliphatic carbocycles. The van der Waals surface area contributed by atoms with Gasteiger partial charge in [0.05, 0.1) is 0 Å². The van der Waals surface area contributed by atoms with Gasteiger partial charge in [0.1, 0.15) is 0 Å². The van der Waals surface area contributed by atoms with Crippen LogP contribution in [0.15, 0.2) is 0 Å². The average molecular weight is 326 g/mol. The van der Waals surface area contributed by atoms with Gasteiger partial charge >= 0.3 is 5.97 Å². The first-order valence-electron chi connectivity index (χ1n) is 5.39. The Morgan fingerprint density at radius 2 is 0.842 bits per heavy atom. The molecule has 0 aromatic heterocycles. The molecule has 122 valence electrons. The lowest BCUT2D eigenvalue weighted by molar-refractivity contribution is -0.135. The van der Waals surface area contributed by atoms with Crippen LogP contribution in [-0.2, 0) is 4.79 Å². The van der Waals surface area contributed by atoms with Crippen LogP contribution in [0.25, 0.3) is 0 Å². The summed E-state index contributed by atoms with van der Waals surface area (Å²) < 4.78 is 0. The van der Waals surface area contributed by atoms with Crippen molar-refractivity contribution in [3.8, 4) is 0 Å². The van der Waals surface area contributed by atoms with Crippen LogP contribution in [0.1, 0.15) is 41.5 Å². The maximum Gasteiger partial charge on any atom is 0.337 e. The van der Waals surface area contributed by atoms with Gasteiger partial charge in [-0.15, -0.1) is 0 Å². The maximum absolute atomic E-state index is 9.44. The Balaban J connectivity index is -0.0000000459. The van der Waals surface area contributed by atoms with Crippen LogP contribution in [-0.4, -0.2) is 49.5 Å². The molecule has 0 saturated carbocycles. The molecular formula is C11H29Cl2NO5. The normalized spacial score (nSPS) is 8.58. The van der Waals surface area contributed by atoms with Gasteiger partial charge in [-0.3, -0.25) is 0 Å². The number of carboxylic acids is 1. The molecule has 0 heterocycles. The van der Waals surface area contributed by atoms with Crippen molar-refractivity contribution in [2.75, 3.05) is 0 Å². The molecule has 0 atom stereocenters. The Bertz CT molecular complexity index is 145. The molecule has 0 saturated heterocycles. The molecule has 0 fully saturated rings. The smallest absolute Gasteiger partial charge is 0.337 e. The van der Waals surface area contributed by atoms with E-state index >= 15 is 0 Å². The molecule has 7 N–H and O–H groups in total. The fourth-order valence-electron chi connectivity index (χ4n) is 0. The predicted molar refractivity (Wildman–Crippen MR) is 80.2 cm³/mol. The van der Waals surface area contributed by atoms with Crippen LogP contribution >= 0.6 is 23.2 Å². The minimum atomic E-state index is -1.29. The van der Waals surface area contributed by atoms with Crippen LogP contribution in [0.3, 0.4) is 0 Å². The largest absolute Gasteiger partial charge is 0.479 e. The summed E-state index contributed by atoms with van der Waals surface area (Å²) in [5, 5.41) is 31.9. The van der Waals surface area contributed by atoms with Gasteiger partial charge in [-0.25, -0.2) is 4.79 Å². The van der Waals surface area contributed by atoms with Gasteiger partial charge in [0.2, 0.25) is 4.84 Å². The van der Waals surface area contributed by atoms with E-state index in [2.05, 4.69) is 0 Å². The van der Waals surface area contributed by atoms with Crippen molar-refractivity contribution in [2.45, 2.75) is 64.7 Å². The Kier molecular flexibility index (Phi) is 38.0. The summed E-state index contributed by atoms with van der Waals surface area (Å²) >= 11 is 9.56. The summed E-state index contributed by atoms with van der Waals surface area (Å²) in [6.07, 6.45) is -0.500. The van der Waals surface area contributed by atoms with E-state index in [-0.39, 0.29) is 24.5 Å². The molecule has 0 aliphatic heterocycles. The quantitative estimate of drug-likeness (QED) is 0.469. The van der Waals surface area contributed by atoms with Crippen molar-refractivity contribution in [3.05, 3.63) is 0 Å². The van der Waals surface area contributed by atoms with E-state index in [1.54, 1.807) is 41.5 Å². The third kappa shape index (κ3) is 299. The molecule has 0 bridgehead atoms. The second-order valence-electron chi connectivity index (χ2n) is 3.92. The number of aliphatic hydroxyl groups is 3. The van der Waals surface area contributed by atoms with Crippen LogP contribution in [0.4, 0.5) is 0 Å². The number of carboxylic acid groups (broad SMARTS) is 1. The van der Waals surface area contributed by atoms with Gasteiger partial charge in [0.25, 0.3) is 0 Å². The molecule has 19 heavy (non-hydrogen) atoms. The van der Waals surface area contributed by atoms with E-state index < -0.39 is 10.8 Å². The van der Waals surface area contributed by atoms with Crippen LogP contribution in [0.2, 0.25) is 0 Å². The topological polar surface area (TPSA) is 133 Å². The second-order valence-corrected chi connectivity index (χ2v) is 5.02. The number of hydrogen-bond acceptors (Lipinski definition) is 5. The zero-order valence-corrected chi connectivity index (χ0v) is 14.0. The maximum atomic E-state index is 9.44. The fourth-order valence-corrected chi connectivity index (χ4v) is 0. The van der Waals surface area contributed by atoms with Gasteiger partial charge in [0, 0.05) is 18.3 Å². The SMILES string of the molecule is CC(C)O.CC(C)O.CC(C)O.N.O=C(O)C(Cl)Cl. The Hall–Kier alpha value is -0.110. The van der Waals surface area contributed by atoms with Gasteiger partial charge in [0.15, 0.2) is 0 Å². The standard InChI is InChI=1S/3C3H8O.C2H2Cl2O2.H3N/c3*1-3(2)4;3-1(4)2(5)6;/h3*3-4H,1-2H3;1H,(H,5,6);1H3. The molecule has 0 aromatic rings. The zero-order valence-electron chi connectivity index (χ0n) is 12.5. The molecule has 0 aliphatic rings. The summed E-state index contributed by atoms with van der Waals surface area (Å²) in [7, 11) is 0. The number of aliphatic hydroxyl groups excluding tert-OH is 3. The Labute approximate surface area is 125 Å². The molecule has 8 heteroatoms. The minimum Gasteiger partial charge on any atom is -0.479 e. The number of halogens is 2. The first-order valence-corrected chi connectivity index (χ1v) is 6.26. The van der Waals surface area contributed by atoms with E-state index in [0.717, 1.165) is 0 Å². The van der Waals surface area contributed by atoms with Gasteiger partial charge in [-0.2, -0.15) is 0 Å². The van der Waals surface area contributed by atoms with Gasteiger partial charge in [-0.05, 0) is 41.5 Å². The molecule has 6 nitrogen and oxygen atoms in total. The summed E-state index contributed by atoms with van der Waals surface area (Å²) in [6, 6.07) is 0. The van der Waals surface area contributed by atoms with Crippen molar-refractivity contribution in [2.24, 2.45) is 0 Å². The summed E-state index contributed by atoms with van der Waals surface area (Å²) in [4.78, 5) is 8.15. The van der Waals surface area contributed by atoms with Crippen LogP contribution < -0.4 is 6.15 Å². The number of carbonyl (C=O) groups is 1. The number of rotatable bonds is 1. The summed E-state index contributed by atoms with van der Waals surface area (Å²) in [5.41, 5.74) is 0.